The maximum Gasteiger partial charge on any atom is 0.248 e. The van der Waals surface area contributed by atoms with Crippen LogP contribution in [0, 0.1) is 0 Å². The van der Waals surface area contributed by atoms with E-state index in [-0.39, 0.29) is 29.7 Å². The van der Waals surface area contributed by atoms with Gasteiger partial charge in [0.1, 0.15) is 6.61 Å². The van der Waals surface area contributed by atoms with Crippen molar-refractivity contribution in [3.8, 4) is 0 Å². The molecule has 0 radical (unpaired) electrons. The fourth-order valence-electron chi connectivity index (χ4n) is 2.05. The number of Topliss-reactive ketones (excluding diaryl/α,β-unsaturated/α-hetero) is 1. The lowest BCUT2D eigenvalue weighted by molar-refractivity contribution is -0.146. The molecule has 120 valence electrons. The SMILES string of the molecule is CC(=O)c1cccc(S(=O)(=O)NCC2CN(C)C(=O)CO2)c1. The van der Waals surface area contributed by atoms with Gasteiger partial charge in [0.15, 0.2) is 5.78 Å². The molecule has 1 atom stereocenters. The highest BCUT2D eigenvalue weighted by molar-refractivity contribution is 7.89. The van der Waals surface area contributed by atoms with Gasteiger partial charge >= 0.3 is 0 Å². The van der Waals surface area contributed by atoms with Crippen LogP contribution in [0.1, 0.15) is 17.3 Å². The van der Waals surface area contributed by atoms with Gasteiger partial charge in [-0.3, -0.25) is 9.59 Å². The third kappa shape index (κ3) is 3.90. The second-order valence-corrected chi connectivity index (χ2v) is 6.91. The molecular weight excluding hydrogens is 308 g/mol. The van der Waals surface area contributed by atoms with E-state index in [0.29, 0.717) is 12.1 Å². The molecule has 1 heterocycles. The van der Waals surface area contributed by atoms with Gasteiger partial charge in [-0.1, -0.05) is 12.1 Å². The lowest BCUT2D eigenvalue weighted by Gasteiger charge is -2.29. The fourth-order valence-corrected chi connectivity index (χ4v) is 3.16. The average Bonchev–Trinajstić information content (AvgIpc) is 2.48. The number of benzene rings is 1. The molecule has 0 aromatic heterocycles. The molecule has 7 nitrogen and oxygen atoms in total. The zero-order chi connectivity index (χ0) is 16.3. The molecule has 0 saturated carbocycles. The van der Waals surface area contributed by atoms with Crippen molar-refractivity contribution < 1.29 is 22.7 Å². The third-order valence-electron chi connectivity index (χ3n) is 3.40. The Kier molecular flexibility index (Phi) is 4.94. The number of amides is 1. The van der Waals surface area contributed by atoms with Gasteiger partial charge in [0.05, 0.1) is 11.0 Å². The predicted octanol–water partition coefficient (Wildman–Crippen LogP) is 0.0247. The van der Waals surface area contributed by atoms with Crippen molar-refractivity contribution >= 4 is 21.7 Å². The minimum atomic E-state index is -3.73. The zero-order valence-corrected chi connectivity index (χ0v) is 13.2. The average molecular weight is 326 g/mol. The molecular formula is C14H18N2O5S. The zero-order valence-electron chi connectivity index (χ0n) is 12.4. The summed E-state index contributed by atoms with van der Waals surface area (Å²) < 4.78 is 32.2. The van der Waals surface area contributed by atoms with Crippen molar-refractivity contribution in [2.24, 2.45) is 0 Å². The molecule has 1 aliphatic heterocycles. The van der Waals surface area contributed by atoms with Crippen LogP contribution >= 0.6 is 0 Å². The molecule has 1 fully saturated rings. The van der Waals surface area contributed by atoms with Crippen molar-refractivity contribution in [2.45, 2.75) is 17.9 Å². The standard InChI is InChI=1S/C14H18N2O5S/c1-10(17)11-4-3-5-13(6-11)22(19,20)15-7-12-8-16(2)14(18)9-21-12/h3-6,12,15H,7-9H2,1-2H3. The molecule has 1 aliphatic rings. The minimum Gasteiger partial charge on any atom is -0.365 e. The fraction of sp³-hybridized carbons (Fsp3) is 0.429. The maximum atomic E-state index is 12.2. The molecule has 1 N–H and O–H groups in total. The van der Waals surface area contributed by atoms with Crippen LogP contribution in [0.4, 0.5) is 0 Å². The normalized spacial score (nSPS) is 19.3. The van der Waals surface area contributed by atoms with Crippen molar-refractivity contribution in [3.63, 3.8) is 0 Å². The monoisotopic (exact) mass is 326 g/mol. The van der Waals surface area contributed by atoms with Crippen molar-refractivity contribution in [1.29, 1.82) is 0 Å². The van der Waals surface area contributed by atoms with Gasteiger partial charge in [0.2, 0.25) is 15.9 Å². The van der Waals surface area contributed by atoms with Gasteiger partial charge in [0, 0.05) is 25.7 Å². The van der Waals surface area contributed by atoms with Crippen LogP contribution in [-0.2, 0) is 19.6 Å². The highest BCUT2D eigenvalue weighted by Gasteiger charge is 2.25. The van der Waals surface area contributed by atoms with E-state index in [2.05, 4.69) is 4.72 Å². The first kappa shape index (κ1) is 16.6. The molecule has 1 aromatic carbocycles. The second-order valence-electron chi connectivity index (χ2n) is 5.14. The van der Waals surface area contributed by atoms with E-state index >= 15 is 0 Å². The van der Waals surface area contributed by atoms with Gasteiger partial charge in [0.25, 0.3) is 0 Å². The largest absolute Gasteiger partial charge is 0.365 e. The quantitative estimate of drug-likeness (QED) is 0.770. The van der Waals surface area contributed by atoms with Crippen LogP contribution in [0.5, 0.6) is 0 Å². The second kappa shape index (κ2) is 6.55. The summed E-state index contributed by atoms with van der Waals surface area (Å²) in [5, 5.41) is 0. The number of ketones is 1. The van der Waals surface area contributed by atoms with E-state index in [4.69, 9.17) is 4.74 Å². The molecule has 0 bridgehead atoms. The third-order valence-corrected chi connectivity index (χ3v) is 4.82. The molecule has 1 unspecified atom stereocenters. The summed E-state index contributed by atoms with van der Waals surface area (Å²) in [4.78, 5) is 24.1. The molecule has 1 aromatic rings. The Balaban J connectivity index is 2.04. The van der Waals surface area contributed by atoms with Crippen LogP contribution in [0.25, 0.3) is 0 Å². The Morgan fingerprint density at radius 1 is 1.45 bits per heavy atom. The van der Waals surface area contributed by atoms with Crippen LogP contribution < -0.4 is 4.72 Å². The smallest absolute Gasteiger partial charge is 0.248 e. The Morgan fingerprint density at radius 2 is 2.18 bits per heavy atom. The number of carbonyl (C=O) groups excluding carboxylic acids is 2. The number of sulfonamides is 1. The number of carbonyl (C=O) groups is 2. The number of rotatable bonds is 5. The van der Waals surface area contributed by atoms with Crippen LogP contribution in [0.2, 0.25) is 0 Å². The van der Waals surface area contributed by atoms with Crippen molar-refractivity contribution in [3.05, 3.63) is 29.8 Å². The Labute approximate surface area is 129 Å². The molecule has 1 amide bonds. The number of morpholine rings is 1. The first-order valence-corrected chi connectivity index (χ1v) is 8.24. The van der Waals surface area contributed by atoms with Gasteiger partial charge in [-0.2, -0.15) is 0 Å². The van der Waals surface area contributed by atoms with Gasteiger partial charge in [-0.15, -0.1) is 0 Å². The molecule has 0 spiro atoms. The molecule has 22 heavy (non-hydrogen) atoms. The topological polar surface area (TPSA) is 92.8 Å². The summed E-state index contributed by atoms with van der Waals surface area (Å²) >= 11 is 0. The highest BCUT2D eigenvalue weighted by atomic mass is 32.2. The highest BCUT2D eigenvalue weighted by Crippen LogP contribution is 2.12. The summed E-state index contributed by atoms with van der Waals surface area (Å²) in [7, 11) is -2.09. The summed E-state index contributed by atoms with van der Waals surface area (Å²) in [5.74, 6) is -0.332. The van der Waals surface area contributed by atoms with Gasteiger partial charge < -0.3 is 9.64 Å². The summed E-state index contributed by atoms with van der Waals surface area (Å²) in [6.45, 7) is 1.71. The van der Waals surface area contributed by atoms with E-state index in [9.17, 15) is 18.0 Å². The molecule has 2 rings (SSSR count). The van der Waals surface area contributed by atoms with Crippen LogP contribution in [0.3, 0.4) is 0 Å². The first-order chi connectivity index (χ1) is 10.3. The number of hydrogen-bond acceptors (Lipinski definition) is 5. The van der Waals surface area contributed by atoms with E-state index in [1.54, 1.807) is 13.1 Å². The Hall–Kier alpha value is -1.77. The van der Waals surface area contributed by atoms with E-state index in [1.807, 2.05) is 0 Å². The van der Waals surface area contributed by atoms with E-state index in [1.165, 1.54) is 30.0 Å². The number of ether oxygens (including phenoxy) is 1. The Bertz CT molecular complexity index is 686. The predicted molar refractivity (Wildman–Crippen MR) is 79.0 cm³/mol. The molecule has 0 aliphatic carbocycles. The summed E-state index contributed by atoms with van der Waals surface area (Å²) in [6.07, 6.45) is -0.395. The number of hydrogen-bond donors (Lipinski definition) is 1. The molecule has 8 heteroatoms. The Morgan fingerprint density at radius 3 is 2.82 bits per heavy atom. The van der Waals surface area contributed by atoms with Gasteiger partial charge in [-0.25, -0.2) is 13.1 Å². The number of nitrogens with zero attached hydrogens (tertiary/aromatic N) is 1. The van der Waals surface area contributed by atoms with Crippen LogP contribution in [-0.4, -0.2) is 57.9 Å². The molecule has 1 saturated heterocycles. The van der Waals surface area contributed by atoms with Crippen molar-refractivity contribution in [1.82, 2.24) is 9.62 Å². The summed E-state index contributed by atoms with van der Waals surface area (Å²) in [6, 6.07) is 5.84. The van der Waals surface area contributed by atoms with Crippen molar-refractivity contribution in [2.75, 3.05) is 26.7 Å². The number of nitrogens with one attached hydrogen (secondary N) is 1. The lowest BCUT2D eigenvalue weighted by Crippen LogP contribution is -2.48. The maximum absolute atomic E-state index is 12.2. The van der Waals surface area contributed by atoms with Gasteiger partial charge in [-0.05, 0) is 19.1 Å². The lowest BCUT2D eigenvalue weighted by atomic mass is 10.2. The minimum absolute atomic E-state index is 0.0282. The summed E-state index contributed by atoms with van der Waals surface area (Å²) in [5.41, 5.74) is 0.335. The van der Waals surface area contributed by atoms with E-state index < -0.39 is 16.1 Å². The first-order valence-electron chi connectivity index (χ1n) is 6.76. The van der Waals surface area contributed by atoms with E-state index in [0.717, 1.165) is 0 Å². The number of likely N-dealkylation sites (N-methyl/N-ethyl adjacent to an activating group) is 1. The van der Waals surface area contributed by atoms with Crippen LogP contribution in [0.15, 0.2) is 29.2 Å².